The lowest BCUT2D eigenvalue weighted by atomic mass is 10.2. The van der Waals surface area contributed by atoms with Crippen LogP contribution in [0.5, 0.6) is 5.75 Å². The smallest absolute Gasteiger partial charge is 0.119 e. The van der Waals surface area contributed by atoms with E-state index in [1.54, 1.807) is 0 Å². The van der Waals surface area contributed by atoms with E-state index in [0.29, 0.717) is 4.99 Å². The van der Waals surface area contributed by atoms with E-state index in [9.17, 15) is 0 Å². The molecular formula is C12H17NOS. The quantitative estimate of drug-likeness (QED) is 0.780. The molecule has 0 aliphatic rings. The van der Waals surface area contributed by atoms with Crippen LogP contribution in [0.1, 0.15) is 32.3 Å². The van der Waals surface area contributed by atoms with Gasteiger partial charge in [-0.1, -0.05) is 25.6 Å². The highest BCUT2D eigenvalue weighted by molar-refractivity contribution is 7.80. The fourth-order valence-corrected chi connectivity index (χ4v) is 1.53. The van der Waals surface area contributed by atoms with Crippen LogP contribution in [-0.2, 0) is 0 Å². The standard InChI is InChI=1S/C12H17NOS/c1-3-4-9(2)14-11-7-5-10(6-8-11)12(13)15/h5-9H,3-4H2,1-2H3,(H2,13,15). The lowest BCUT2D eigenvalue weighted by Gasteiger charge is -2.13. The number of hydrogen-bond donors (Lipinski definition) is 1. The molecule has 0 spiro atoms. The second kappa shape index (κ2) is 5.71. The minimum Gasteiger partial charge on any atom is -0.491 e. The summed E-state index contributed by atoms with van der Waals surface area (Å²) >= 11 is 4.87. The van der Waals surface area contributed by atoms with Gasteiger partial charge in [-0.05, 0) is 37.6 Å². The maximum absolute atomic E-state index is 5.71. The van der Waals surface area contributed by atoms with Crippen LogP contribution >= 0.6 is 12.2 Å². The predicted octanol–water partition coefficient (Wildman–Crippen LogP) is 2.89. The van der Waals surface area contributed by atoms with Crippen molar-refractivity contribution in [3.8, 4) is 5.75 Å². The van der Waals surface area contributed by atoms with Crippen molar-refractivity contribution >= 4 is 17.2 Å². The van der Waals surface area contributed by atoms with E-state index >= 15 is 0 Å². The Hall–Kier alpha value is -1.09. The second-order valence-corrected chi connectivity index (χ2v) is 4.05. The Morgan fingerprint density at radius 2 is 2.00 bits per heavy atom. The molecule has 15 heavy (non-hydrogen) atoms. The number of nitrogens with two attached hydrogens (primary N) is 1. The van der Waals surface area contributed by atoms with Crippen molar-refractivity contribution < 1.29 is 4.74 Å². The van der Waals surface area contributed by atoms with Crippen LogP contribution in [0.4, 0.5) is 0 Å². The fourth-order valence-electron chi connectivity index (χ4n) is 1.40. The van der Waals surface area contributed by atoms with E-state index in [4.69, 9.17) is 22.7 Å². The average Bonchev–Trinajstić information content (AvgIpc) is 2.18. The van der Waals surface area contributed by atoms with Crippen LogP contribution in [0, 0.1) is 0 Å². The normalized spacial score (nSPS) is 12.1. The van der Waals surface area contributed by atoms with Crippen molar-refractivity contribution in [3.05, 3.63) is 29.8 Å². The molecule has 82 valence electrons. The van der Waals surface area contributed by atoms with Crippen molar-refractivity contribution in [2.24, 2.45) is 5.73 Å². The average molecular weight is 223 g/mol. The third-order valence-electron chi connectivity index (χ3n) is 2.17. The summed E-state index contributed by atoms with van der Waals surface area (Å²) in [6.45, 7) is 4.22. The Bertz CT molecular complexity index is 321. The topological polar surface area (TPSA) is 35.2 Å². The minimum absolute atomic E-state index is 0.255. The summed E-state index contributed by atoms with van der Waals surface area (Å²) in [7, 11) is 0. The summed E-state index contributed by atoms with van der Waals surface area (Å²) in [5.41, 5.74) is 6.38. The number of ether oxygens (including phenoxy) is 1. The molecule has 0 radical (unpaired) electrons. The lowest BCUT2D eigenvalue weighted by molar-refractivity contribution is 0.210. The SMILES string of the molecule is CCCC(C)Oc1ccc(C(N)=S)cc1. The van der Waals surface area contributed by atoms with Gasteiger partial charge in [-0.2, -0.15) is 0 Å². The Morgan fingerprint density at radius 1 is 1.40 bits per heavy atom. The van der Waals surface area contributed by atoms with Gasteiger partial charge in [0.1, 0.15) is 10.7 Å². The van der Waals surface area contributed by atoms with Crippen molar-refractivity contribution in [3.63, 3.8) is 0 Å². The summed E-state index contributed by atoms with van der Waals surface area (Å²) in [5.74, 6) is 0.871. The maximum Gasteiger partial charge on any atom is 0.119 e. The van der Waals surface area contributed by atoms with Gasteiger partial charge in [-0.3, -0.25) is 0 Å². The van der Waals surface area contributed by atoms with E-state index in [1.807, 2.05) is 24.3 Å². The second-order valence-electron chi connectivity index (χ2n) is 3.61. The summed E-state index contributed by atoms with van der Waals surface area (Å²) in [6.07, 6.45) is 2.45. The molecule has 0 aliphatic heterocycles. The molecule has 0 bridgehead atoms. The molecule has 1 unspecified atom stereocenters. The van der Waals surface area contributed by atoms with Gasteiger partial charge in [-0.15, -0.1) is 0 Å². The van der Waals surface area contributed by atoms with Crippen LogP contribution in [0.15, 0.2) is 24.3 Å². The van der Waals surface area contributed by atoms with E-state index < -0.39 is 0 Å². The molecule has 0 aliphatic carbocycles. The van der Waals surface area contributed by atoms with Gasteiger partial charge in [0.05, 0.1) is 6.10 Å². The highest BCUT2D eigenvalue weighted by Crippen LogP contribution is 2.15. The number of rotatable bonds is 5. The van der Waals surface area contributed by atoms with Gasteiger partial charge < -0.3 is 10.5 Å². The summed E-state index contributed by atoms with van der Waals surface area (Å²) < 4.78 is 5.71. The zero-order chi connectivity index (χ0) is 11.3. The summed E-state index contributed by atoms with van der Waals surface area (Å²) in [5, 5.41) is 0. The van der Waals surface area contributed by atoms with Gasteiger partial charge in [0, 0.05) is 5.56 Å². The Balaban J connectivity index is 2.60. The summed E-state index contributed by atoms with van der Waals surface area (Å²) in [4.78, 5) is 0.420. The first-order valence-electron chi connectivity index (χ1n) is 5.20. The van der Waals surface area contributed by atoms with Crippen molar-refractivity contribution in [2.75, 3.05) is 0 Å². The van der Waals surface area contributed by atoms with Gasteiger partial charge >= 0.3 is 0 Å². The first kappa shape index (κ1) is 12.0. The molecule has 1 atom stereocenters. The fraction of sp³-hybridized carbons (Fsp3) is 0.417. The van der Waals surface area contributed by atoms with Crippen LogP contribution < -0.4 is 10.5 Å². The Kier molecular flexibility index (Phi) is 4.56. The largest absolute Gasteiger partial charge is 0.491 e. The molecule has 0 heterocycles. The van der Waals surface area contributed by atoms with Crippen LogP contribution in [-0.4, -0.2) is 11.1 Å². The zero-order valence-corrected chi connectivity index (χ0v) is 10.0. The first-order valence-corrected chi connectivity index (χ1v) is 5.60. The van der Waals surface area contributed by atoms with Gasteiger partial charge in [0.15, 0.2) is 0 Å². The highest BCUT2D eigenvalue weighted by atomic mass is 32.1. The zero-order valence-electron chi connectivity index (χ0n) is 9.19. The third-order valence-corrected chi connectivity index (χ3v) is 2.41. The molecule has 2 N–H and O–H groups in total. The van der Waals surface area contributed by atoms with Gasteiger partial charge in [-0.25, -0.2) is 0 Å². The van der Waals surface area contributed by atoms with Crippen molar-refractivity contribution in [1.82, 2.24) is 0 Å². The molecule has 0 saturated heterocycles. The Labute approximate surface area is 96.4 Å². The van der Waals surface area contributed by atoms with Crippen molar-refractivity contribution in [1.29, 1.82) is 0 Å². The van der Waals surface area contributed by atoms with Gasteiger partial charge in [0.25, 0.3) is 0 Å². The van der Waals surface area contributed by atoms with Crippen LogP contribution in [0.25, 0.3) is 0 Å². The first-order chi connectivity index (χ1) is 7.13. The lowest BCUT2D eigenvalue weighted by Crippen LogP contribution is -2.12. The van der Waals surface area contributed by atoms with Gasteiger partial charge in [0.2, 0.25) is 0 Å². The molecule has 1 aromatic rings. The molecule has 2 nitrogen and oxygen atoms in total. The van der Waals surface area contributed by atoms with E-state index in [1.165, 1.54) is 0 Å². The summed E-state index contributed by atoms with van der Waals surface area (Å²) in [6, 6.07) is 7.58. The minimum atomic E-state index is 0.255. The van der Waals surface area contributed by atoms with E-state index in [0.717, 1.165) is 24.2 Å². The van der Waals surface area contributed by atoms with E-state index in [-0.39, 0.29) is 6.10 Å². The molecular weight excluding hydrogens is 206 g/mol. The Morgan fingerprint density at radius 3 is 2.47 bits per heavy atom. The molecule has 0 saturated carbocycles. The number of hydrogen-bond acceptors (Lipinski definition) is 2. The molecule has 0 fully saturated rings. The molecule has 0 aromatic heterocycles. The molecule has 1 rings (SSSR count). The molecule has 3 heteroatoms. The highest BCUT2D eigenvalue weighted by Gasteiger charge is 2.02. The third kappa shape index (κ3) is 3.88. The van der Waals surface area contributed by atoms with Crippen LogP contribution in [0.3, 0.4) is 0 Å². The van der Waals surface area contributed by atoms with E-state index in [2.05, 4.69) is 13.8 Å². The molecule has 0 amide bonds. The monoisotopic (exact) mass is 223 g/mol. The maximum atomic E-state index is 5.71. The molecule has 1 aromatic carbocycles. The predicted molar refractivity (Wildman–Crippen MR) is 67.3 cm³/mol. The van der Waals surface area contributed by atoms with Crippen molar-refractivity contribution in [2.45, 2.75) is 32.8 Å². The number of benzene rings is 1. The van der Waals surface area contributed by atoms with Crippen LogP contribution in [0.2, 0.25) is 0 Å². The number of thiocarbonyl (C=S) groups is 1.